The van der Waals surface area contributed by atoms with Gasteiger partial charge in [0.2, 0.25) is 5.91 Å². The third-order valence-electron chi connectivity index (χ3n) is 3.28. The molecule has 0 aliphatic heterocycles. The number of hydrogen-bond donors (Lipinski definition) is 2. The molecular formula is C17H15Br2FN2O2. The molecule has 0 aliphatic carbocycles. The minimum atomic E-state index is -0.607. The first-order valence-corrected chi connectivity index (χ1v) is 8.74. The number of rotatable bonds is 5. The molecule has 2 rings (SSSR count). The molecule has 2 N–H and O–H groups in total. The van der Waals surface area contributed by atoms with Gasteiger partial charge in [0.05, 0.1) is 5.56 Å². The van der Waals surface area contributed by atoms with Gasteiger partial charge >= 0.3 is 0 Å². The Morgan fingerprint density at radius 1 is 1.08 bits per heavy atom. The van der Waals surface area contributed by atoms with E-state index in [1.807, 2.05) is 25.1 Å². The molecule has 0 radical (unpaired) electrons. The Hall–Kier alpha value is -1.73. The summed E-state index contributed by atoms with van der Waals surface area (Å²) in [6.45, 7) is 2.00. The third-order valence-corrected chi connectivity index (χ3v) is 4.27. The van der Waals surface area contributed by atoms with Crippen LogP contribution < -0.4 is 10.6 Å². The Morgan fingerprint density at radius 3 is 2.50 bits per heavy atom. The van der Waals surface area contributed by atoms with E-state index in [-0.39, 0.29) is 24.4 Å². The van der Waals surface area contributed by atoms with Crippen LogP contribution in [0.25, 0.3) is 0 Å². The summed E-state index contributed by atoms with van der Waals surface area (Å²) < 4.78 is 15.1. The molecule has 0 aromatic heterocycles. The van der Waals surface area contributed by atoms with Gasteiger partial charge in [-0.1, -0.05) is 37.9 Å². The van der Waals surface area contributed by atoms with Crippen LogP contribution >= 0.6 is 31.9 Å². The van der Waals surface area contributed by atoms with Crippen molar-refractivity contribution in [2.45, 2.75) is 13.3 Å². The lowest BCUT2D eigenvalue weighted by molar-refractivity contribution is -0.116. The molecule has 0 saturated heterocycles. The quantitative estimate of drug-likeness (QED) is 0.698. The number of anilines is 1. The van der Waals surface area contributed by atoms with Crippen molar-refractivity contribution in [1.82, 2.24) is 5.32 Å². The van der Waals surface area contributed by atoms with Crippen molar-refractivity contribution in [2.75, 3.05) is 11.9 Å². The van der Waals surface area contributed by atoms with Crippen LogP contribution in [-0.2, 0) is 4.79 Å². The summed E-state index contributed by atoms with van der Waals surface area (Å²) in [5.74, 6) is -1.39. The minimum Gasteiger partial charge on any atom is -0.351 e. The molecule has 0 fully saturated rings. The minimum absolute atomic E-state index is 0.0624. The molecule has 24 heavy (non-hydrogen) atoms. The van der Waals surface area contributed by atoms with Gasteiger partial charge in [-0.25, -0.2) is 4.39 Å². The number of hydrogen-bond acceptors (Lipinski definition) is 2. The summed E-state index contributed by atoms with van der Waals surface area (Å²) in [6, 6.07) is 9.70. The maximum Gasteiger partial charge on any atom is 0.254 e. The van der Waals surface area contributed by atoms with Gasteiger partial charge in [0.25, 0.3) is 5.91 Å². The maximum atomic E-state index is 13.6. The highest BCUT2D eigenvalue weighted by Gasteiger charge is 2.12. The van der Waals surface area contributed by atoms with Crippen LogP contribution in [0.3, 0.4) is 0 Å². The second-order valence-corrected chi connectivity index (χ2v) is 6.97. The predicted molar refractivity (Wildman–Crippen MR) is 98.6 cm³/mol. The van der Waals surface area contributed by atoms with Crippen LogP contribution in [0.4, 0.5) is 10.1 Å². The van der Waals surface area contributed by atoms with Gasteiger partial charge < -0.3 is 10.6 Å². The highest BCUT2D eigenvalue weighted by molar-refractivity contribution is 9.10. The van der Waals surface area contributed by atoms with Gasteiger partial charge in [0.15, 0.2) is 0 Å². The molecule has 0 atom stereocenters. The summed E-state index contributed by atoms with van der Waals surface area (Å²) in [5, 5.41) is 5.32. The van der Waals surface area contributed by atoms with Crippen LogP contribution in [0.1, 0.15) is 22.3 Å². The first-order chi connectivity index (χ1) is 11.4. The molecule has 0 aliphatic rings. The summed E-state index contributed by atoms with van der Waals surface area (Å²) >= 11 is 6.54. The van der Waals surface area contributed by atoms with E-state index in [2.05, 4.69) is 42.5 Å². The van der Waals surface area contributed by atoms with E-state index in [1.165, 1.54) is 18.2 Å². The van der Waals surface area contributed by atoms with Crippen molar-refractivity contribution >= 4 is 49.4 Å². The van der Waals surface area contributed by atoms with Crippen LogP contribution in [0.5, 0.6) is 0 Å². The number of benzene rings is 2. The molecule has 2 aromatic rings. The molecule has 2 amide bonds. The summed E-state index contributed by atoms with van der Waals surface area (Å²) in [4.78, 5) is 23.9. The fraction of sp³-hybridized carbons (Fsp3) is 0.176. The van der Waals surface area contributed by atoms with Crippen molar-refractivity contribution in [2.24, 2.45) is 0 Å². The zero-order valence-corrected chi connectivity index (χ0v) is 16.0. The van der Waals surface area contributed by atoms with Crippen molar-refractivity contribution in [1.29, 1.82) is 0 Å². The zero-order chi connectivity index (χ0) is 17.7. The maximum absolute atomic E-state index is 13.6. The van der Waals surface area contributed by atoms with Crippen LogP contribution in [-0.4, -0.2) is 18.4 Å². The fourth-order valence-electron chi connectivity index (χ4n) is 2.00. The fourth-order valence-corrected chi connectivity index (χ4v) is 2.72. The van der Waals surface area contributed by atoms with E-state index >= 15 is 0 Å². The number of nitrogens with one attached hydrogen (secondary N) is 2. The first-order valence-electron chi connectivity index (χ1n) is 7.16. The number of aryl methyl sites for hydroxylation is 1. The Kier molecular flexibility index (Phi) is 6.51. The highest BCUT2D eigenvalue weighted by Crippen LogP contribution is 2.20. The first kappa shape index (κ1) is 18.6. The van der Waals surface area contributed by atoms with Gasteiger partial charge in [-0.3, -0.25) is 9.59 Å². The number of amides is 2. The van der Waals surface area contributed by atoms with Gasteiger partial charge in [0, 0.05) is 27.6 Å². The van der Waals surface area contributed by atoms with Crippen molar-refractivity contribution < 1.29 is 14.0 Å². The van der Waals surface area contributed by atoms with Gasteiger partial charge in [-0.05, 0) is 42.8 Å². The van der Waals surface area contributed by atoms with Gasteiger partial charge in [0.1, 0.15) is 5.82 Å². The molecule has 2 aromatic carbocycles. The van der Waals surface area contributed by atoms with E-state index in [4.69, 9.17) is 0 Å². The molecule has 0 bridgehead atoms. The Balaban J connectivity index is 1.87. The Bertz CT molecular complexity index is 781. The lowest BCUT2D eigenvalue weighted by Crippen LogP contribution is -2.28. The third kappa shape index (κ3) is 5.14. The molecule has 126 valence electrons. The van der Waals surface area contributed by atoms with Crippen LogP contribution in [0.2, 0.25) is 0 Å². The molecule has 7 heteroatoms. The molecule has 0 saturated carbocycles. The summed E-state index contributed by atoms with van der Waals surface area (Å²) in [6.07, 6.45) is 0.0906. The molecule has 4 nitrogen and oxygen atoms in total. The molecule has 0 heterocycles. The Labute approximate surface area is 156 Å². The molecular weight excluding hydrogens is 443 g/mol. The van der Waals surface area contributed by atoms with Crippen molar-refractivity contribution in [3.8, 4) is 0 Å². The topological polar surface area (TPSA) is 58.2 Å². The zero-order valence-electron chi connectivity index (χ0n) is 12.8. The molecule has 0 spiro atoms. The number of carbonyl (C=O) groups excluding carboxylic acids is 2. The van der Waals surface area contributed by atoms with E-state index in [1.54, 1.807) is 0 Å². The summed E-state index contributed by atoms with van der Waals surface area (Å²) in [7, 11) is 0. The van der Waals surface area contributed by atoms with E-state index in [0.717, 1.165) is 10.0 Å². The number of carbonyl (C=O) groups is 2. The average molecular weight is 458 g/mol. The van der Waals surface area contributed by atoms with E-state index in [9.17, 15) is 14.0 Å². The van der Waals surface area contributed by atoms with Gasteiger partial charge in [-0.2, -0.15) is 0 Å². The van der Waals surface area contributed by atoms with E-state index < -0.39 is 11.7 Å². The summed E-state index contributed by atoms with van der Waals surface area (Å²) in [5.41, 5.74) is 1.58. The SMILES string of the molecule is Cc1ccc(Br)cc1NC(=O)CCNC(=O)c1cc(Br)ccc1F. The highest BCUT2D eigenvalue weighted by atomic mass is 79.9. The normalized spacial score (nSPS) is 10.3. The van der Waals surface area contributed by atoms with E-state index in [0.29, 0.717) is 10.2 Å². The lowest BCUT2D eigenvalue weighted by Gasteiger charge is -2.10. The van der Waals surface area contributed by atoms with Crippen LogP contribution in [0.15, 0.2) is 45.3 Å². The predicted octanol–water partition coefficient (Wildman–Crippen LogP) is 4.42. The van der Waals surface area contributed by atoms with Crippen molar-refractivity contribution in [3.05, 3.63) is 62.3 Å². The second-order valence-electron chi connectivity index (χ2n) is 5.14. The average Bonchev–Trinajstić information content (AvgIpc) is 2.53. The van der Waals surface area contributed by atoms with Crippen LogP contribution in [0, 0.1) is 12.7 Å². The number of halogens is 3. The lowest BCUT2D eigenvalue weighted by atomic mass is 10.2. The second kappa shape index (κ2) is 8.39. The Morgan fingerprint density at radius 2 is 1.75 bits per heavy atom. The monoisotopic (exact) mass is 456 g/mol. The standard InChI is InChI=1S/C17H15Br2FN2O2/c1-10-2-3-12(19)9-15(10)22-16(23)6-7-21-17(24)13-8-11(18)4-5-14(13)20/h2-5,8-9H,6-7H2,1H3,(H,21,24)(H,22,23). The largest absolute Gasteiger partial charge is 0.351 e. The van der Waals surface area contributed by atoms with Gasteiger partial charge in [-0.15, -0.1) is 0 Å². The molecule has 0 unspecified atom stereocenters. The smallest absolute Gasteiger partial charge is 0.254 e. The van der Waals surface area contributed by atoms with Crippen molar-refractivity contribution in [3.63, 3.8) is 0 Å².